The molecule has 0 bridgehead atoms. The van der Waals surface area contributed by atoms with Gasteiger partial charge in [0.25, 0.3) is 11.8 Å². The second-order valence-electron chi connectivity index (χ2n) is 14.0. The molecule has 4 amide bonds. The van der Waals surface area contributed by atoms with E-state index in [-0.39, 0.29) is 36.8 Å². The third kappa shape index (κ3) is 4.66. The Morgan fingerprint density at radius 1 is 0.865 bits per heavy atom. The third-order valence-electron chi connectivity index (χ3n) is 11.4. The number of imide groups is 2. The van der Waals surface area contributed by atoms with Crippen molar-refractivity contribution >= 4 is 46.6 Å². The number of benzene rings is 4. The number of para-hydroxylation sites is 1. The number of phenolic OH excluding ortho intramolecular Hbond substituents is 1. The van der Waals surface area contributed by atoms with Gasteiger partial charge in [0.15, 0.2) is 0 Å². The number of rotatable bonds is 5. The SMILES string of the molecule is O=C1[C@@H]2C[C@@H]3C(=CC[C@@H]4C(=O)N(c5ccccc5)C(=O)[C@@H]43)[C@H](C3=COc4ccc(O)cc4C3)[C@]2(c2ccc(Cl)cc2)C(=O)N1Nc1ccc(F)cc1. The van der Waals surface area contributed by atoms with Crippen LogP contribution in [0, 0.1) is 35.4 Å². The van der Waals surface area contributed by atoms with Crippen molar-refractivity contribution in [1.82, 2.24) is 5.01 Å². The Labute approximate surface area is 302 Å². The number of hydrazine groups is 1. The highest BCUT2D eigenvalue weighted by atomic mass is 35.5. The van der Waals surface area contributed by atoms with Crippen molar-refractivity contribution < 1.29 is 33.4 Å². The largest absolute Gasteiger partial charge is 0.508 e. The first-order chi connectivity index (χ1) is 25.2. The molecule has 260 valence electrons. The van der Waals surface area contributed by atoms with Crippen LogP contribution in [0.1, 0.15) is 24.0 Å². The Hall–Kier alpha value is -5.74. The number of halogens is 2. The van der Waals surface area contributed by atoms with E-state index < -0.39 is 52.6 Å². The summed E-state index contributed by atoms with van der Waals surface area (Å²) >= 11 is 6.38. The van der Waals surface area contributed by atoms with Crippen LogP contribution in [0.4, 0.5) is 15.8 Å². The molecule has 6 atom stereocenters. The molecule has 4 aromatic carbocycles. The molecule has 0 radical (unpaired) electrons. The number of carbonyl (C=O) groups is 4. The first kappa shape index (κ1) is 32.2. The Balaban J connectivity index is 1.23. The van der Waals surface area contributed by atoms with Crippen LogP contribution in [0.15, 0.2) is 121 Å². The highest BCUT2D eigenvalue weighted by Crippen LogP contribution is 2.63. The number of amides is 4. The predicted molar refractivity (Wildman–Crippen MR) is 189 cm³/mol. The Morgan fingerprint density at radius 3 is 2.37 bits per heavy atom. The van der Waals surface area contributed by atoms with Gasteiger partial charge in [-0.05, 0) is 96.6 Å². The van der Waals surface area contributed by atoms with Crippen molar-refractivity contribution in [3.8, 4) is 11.5 Å². The molecule has 1 saturated carbocycles. The number of aromatic hydroxyl groups is 1. The van der Waals surface area contributed by atoms with E-state index >= 15 is 4.79 Å². The van der Waals surface area contributed by atoms with Crippen molar-refractivity contribution in [2.24, 2.45) is 29.6 Å². The van der Waals surface area contributed by atoms with Crippen LogP contribution < -0.4 is 15.1 Å². The molecule has 11 heteroatoms. The summed E-state index contributed by atoms with van der Waals surface area (Å²) < 4.78 is 20.0. The van der Waals surface area contributed by atoms with E-state index in [2.05, 4.69) is 5.43 Å². The van der Waals surface area contributed by atoms with Gasteiger partial charge in [0, 0.05) is 22.9 Å². The summed E-state index contributed by atoms with van der Waals surface area (Å²) in [6.45, 7) is 0. The van der Waals surface area contributed by atoms with E-state index in [0.717, 1.165) is 10.6 Å². The van der Waals surface area contributed by atoms with Gasteiger partial charge in [0.05, 0.1) is 40.8 Å². The molecule has 3 heterocycles. The molecule has 3 aliphatic heterocycles. The zero-order chi connectivity index (χ0) is 35.9. The van der Waals surface area contributed by atoms with Crippen LogP contribution in [-0.2, 0) is 31.0 Å². The lowest BCUT2D eigenvalue weighted by atomic mass is 9.48. The number of carbonyl (C=O) groups excluding carboxylic acids is 4. The topological polar surface area (TPSA) is 116 Å². The second kappa shape index (κ2) is 11.9. The smallest absolute Gasteiger partial charge is 0.260 e. The minimum absolute atomic E-state index is 0.0491. The lowest BCUT2D eigenvalue weighted by Gasteiger charge is -2.51. The number of nitrogens with zero attached hydrogens (tertiary/aromatic N) is 2. The fourth-order valence-electron chi connectivity index (χ4n) is 9.30. The summed E-state index contributed by atoms with van der Waals surface area (Å²) in [6, 6.07) is 25.9. The van der Waals surface area contributed by atoms with Crippen molar-refractivity contribution in [3.63, 3.8) is 0 Å². The van der Waals surface area contributed by atoms with E-state index in [9.17, 15) is 23.9 Å². The highest BCUT2D eigenvalue weighted by Gasteiger charge is 2.70. The second-order valence-corrected chi connectivity index (χ2v) is 14.4. The first-order valence-electron chi connectivity index (χ1n) is 17.1. The molecule has 9 nitrogen and oxygen atoms in total. The summed E-state index contributed by atoms with van der Waals surface area (Å²) in [7, 11) is 0. The van der Waals surface area contributed by atoms with Gasteiger partial charge in [0.1, 0.15) is 17.3 Å². The van der Waals surface area contributed by atoms with Crippen LogP contribution in [0.3, 0.4) is 0 Å². The number of anilines is 2. The molecule has 3 fully saturated rings. The summed E-state index contributed by atoms with van der Waals surface area (Å²) in [4.78, 5) is 59.8. The summed E-state index contributed by atoms with van der Waals surface area (Å²) in [5, 5.41) is 11.9. The number of nitrogens with one attached hydrogen (secondary N) is 1. The van der Waals surface area contributed by atoms with Crippen LogP contribution in [-0.4, -0.2) is 33.7 Å². The number of allylic oxidation sites excluding steroid dienone is 3. The zero-order valence-corrected chi connectivity index (χ0v) is 28.3. The highest BCUT2D eigenvalue weighted by molar-refractivity contribution is 6.30. The minimum Gasteiger partial charge on any atom is -0.508 e. The lowest BCUT2D eigenvalue weighted by Crippen LogP contribution is -2.55. The van der Waals surface area contributed by atoms with Gasteiger partial charge in [0.2, 0.25) is 11.8 Å². The molecular formula is C41H31ClFN3O6. The van der Waals surface area contributed by atoms with E-state index in [0.29, 0.717) is 38.8 Å². The number of ether oxygens (including phenoxy) is 1. The fourth-order valence-corrected chi connectivity index (χ4v) is 9.43. The molecule has 4 aromatic rings. The molecule has 2 saturated heterocycles. The van der Waals surface area contributed by atoms with Crippen molar-refractivity contribution in [2.75, 3.05) is 10.3 Å². The third-order valence-corrected chi connectivity index (χ3v) is 11.7. The molecule has 5 aliphatic rings. The average Bonchev–Trinajstić information content (AvgIpc) is 3.53. The maximum absolute atomic E-state index is 15.3. The summed E-state index contributed by atoms with van der Waals surface area (Å²) in [5.74, 6) is -5.28. The van der Waals surface area contributed by atoms with Crippen LogP contribution in [0.5, 0.6) is 11.5 Å². The lowest BCUT2D eigenvalue weighted by molar-refractivity contribution is -0.139. The van der Waals surface area contributed by atoms with Crippen LogP contribution in [0.25, 0.3) is 0 Å². The van der Waals surface area contributed by atoms with E-state index in [1.165, 1.54) is 35.2 Å². The summed E-state index contributed by atoms with van der Waals surface area (Å²) in [6.07, 6.45) is 4.26. The standard InChI is InChI=1S/C41H31ClFN3O6/c42-25-8-6-24(7-9-25)41-33(38(49)46(40(41)51)44-27-12-10-26(43)11-13-27)20-32-30(36(41)23-18-22-19-29(47)14-17-34(22)52-21-23)15-16-31-35(32)39(50)45(37(31)48)28-4-2-1-3-5-28/h1-15,17,19,21,31-33,35-36,44,47H,16,18,20H2/t31-,32+,33-,35-,36-,41+/m0/s1. The van der Waals surface area contributed by atoms with E-state index in [1.54, 1.807) is 66.9 Å². The molecule has 2 N–H and O–H groups in total. The van der Waals surface area contributed by atoms with Gasteiger partial charge in [-0.15, -0.1) is 0 Å². The zero-order valence-electron chi connectivity index (χ0n) is 27.5. The van der Waals surface area contributed by atoms with Gasteiger partial charge in [-0.2, -0.15) is 5.01 Å². The van der Waals surface area contributed by atoms with E-state index in [1.807, 2.05) is 12.1 Å². The Bertz CT molecular complexity index is 2240. The molecule has 0 aromatic heterocycles. The normalized spacial score (nSPS) is 27.6. The van der Waals surface area contributed by atoms with Gasteiger partial charge in [-0.3, -0.25) is 29.5 Å². The minimum atomic E-state index is -1.53. The van der Waals surface area contributed by atoms with Gasteiger partial charge in [-0.25, -0.2) is 4.39 Å². The maximum atomic E-state index is 15.3. The molecule has 0 unspecified atom stereocenters. The maximum Gasteiger partial charge on any atom is 0.260 e. The number of phenols is 1. The fraction of sp³-hybridized carbons (Fsp3) is 0.220. The van der Waals surface area contributed by atoms with Crippen LogP contribution in [0.2, 0.25) is 5.02 Å². The van der Waals surface area contributed by atoms with Crippen molar-refractivity contribution in [1.29, 1.82) is 0 Å². The number of hydrogen-bond acceptors (Lipinski definition) is 7. The molecule has 0 spiro atoms. The monoisotopic (exact) mass is 715 g/mol. The van der Waals surface area contributed by atoms with Crippen molar-refractivity contribution in [3.05, 3.63) is 143 Å². The molecular weight excluding hydrogens is 685 g/mol. The first-order valence-corrected chi connectivity index (χ1v) is 17.5. The molecule has 52 heavy (non-hydrogen) atoms. The number of hydrogen-bond donors (Lipinski definition) is 2. The number of fused-ring (bicyclic) bond motifs is 5. The molecule has 2 aliphatic carbocycles. The Kier molecular flexibility index (Phi) is 7.38. The Morgan fingerprint density at radius 2 is 1.62 bits per heavy atom. The van der Waals surface area contributed by atoms with Crippen LogP contribution >= 0.6 is 11.6 Å². The summed E-state index contributed by atoms with van der Waals surface area (Å²) in [5.41, 5.74) is 4.95. The quantitative estimate of drug-likeness (QED) is 0.174. The van der Waals surface area contributed by atoms with Gasteiger partial charge in [-0.1, -0.05) is 53.6 Å². The predicted octanol–water partition coefficient (Wildman–Crippen LogP) is 6.73. The molecule has 9 rings (SSSR count). The average molecular weight is 716 g/mol. The van der Waals surface area contributed by atoms with Gasteiger partial charge >= 0.3 is 0 Å². The van der Waals surface area contributed by atoms with Gasteiger partial charge < -0.3 is 9.84 Å². The van der Waals surface area contributed by atoms with Crippen molar-refractivity contribution in [2.45, 2.75) is 24.7 Å². The van der Waals surface area contributed by atoms with E-state index in [4.69, 9.17) is 16.3 Å².